The van der Waals surface area contributed by atoms with Gasteiger partial charge in [-0.25, -0.2) is 13.1 Å². The number of nitrogens with zero attached hydrogens (tertiary/aromatic N) is 4. The lowest BCUT2D eigenvalue weighted by Gasteiger charge is -2.09. The molecule has 3 aromatic rings. The predicted molar refractivity (Wildman–Crippen MR) is 111 cm³/mol. The zero-order valence-electron chi connectivity index (χ0n) is 16.0. The Labute approximate surface area is 176 Å². The van der Waals surface area contributed by atoms with E-state index in [9.17, 15) is 18.3 Å². The Morgan fingerprint density at radius 1 is 1.24 bits per heavy atom. The average Bonchev–Trinajstić information content (AvgIpc) is 3.24. The highest BCUT2D eigenvalue weighted by atomic mass is 79.9. The van der Waals surface area contributed by atoms with Gasteiger partial charge in [-0.2, -0.15) is 10.2 Å². The number of anilines is 1. The van der Waals surface area contributed by atoms with Gasteiger partial charge in [-0.15, -0.1) is 0 Å². The van der Waals surface area contributed by atoms with Gasteiger partial charge < -0.3 is 10.4 Å². The number of hydrogen-bond donors (Lipinski definition) is 2. The molecule has 0 saturated heterocycles. The maximum Gasteiger partial charge on any atom is 0.276 e. The van der Waals surface area contributed by atoms with Crippen LogP contribution in [0.15, 0.2) is 39.8 Å². The monoisotopic (exact) mass is 481 g/mol. The smallest absolute Gasteiger partial charge is 0.276 e. The summed E-state index contributed by atoms with van der Waals surface area (Å²) >= 11 is 3.47. The van der Waals surface area contributed by atoms with Crippen LogP contribution in [0, 0.1) is 13.8 Å². The second-order valence-corrected chi connectivity index (χ2v) is 9.47. The number of phenolic OH excluding ortho intramolecular Hbond substituents is 1. The molecule has 0 aliphatic heterocycles. The van der Waals surface area contributed by atoms with Crippen LogP contribution >= 0.6 is 15.9 Å². The van der Waals surface area contributed by atoms with Crippen LogP contribution in [0.4, 0.5) is 5.69 Å². The zero-order chi connectivity index (χ0) is 21.3. The first-order chi connectivity index (χ1) is 13.6. The molecule has 1 amide bonds. The number of hydrogen-bond acceptors (Lipinski definition) is 6. The lowest BCUT2D eigenvalue weighted by Crippen LogP contribution is -2.16. The number of nitrogens with one attached hydrogen (secondary N) is 1. The molecular weight excluding hydrogens is 462 g/mol. The largest absolute Gasteiger partial charge is 0.506 e. The second kappa shape index (κ2) is 7.99. The van der Waals surface area contributed by atoms with Crippen LogP contribution in [-0.4, -0.2) is 44.7 Å². The molecule has 154 valence electrons. The van der Waals surface area contributed by atoms with Gasteiger partial charge in [0.15, 0.2) is 15.5 Å². The molecule has 9 nitrogen and oxygen atoms in total. The first-order valence-corrected chi connectivity index (χ1v) is 11.2. The van der Waals surface area contributed by atoms with E-state index >= 15 is 0 Å². The molecule has 0 radical (unpaired) electrons. The van der Waals surface area contributed by atoms with Crippen molar-refractivity contribution in [3.8, 4) is 5.75 Å². The fraction of sp³-hybridized carbons (Fsp3) is 0.278. The summed E-state index contributed by atoms with van der Waals surface area (Å²) in [6, 6.07) is 5.29. The number of rotatable bonds is 6. The number of aromatic hydroxyl groups is 1. The number of aromatic nitrogens is 4. The quantitative estimate of drug-likeness (QED) is 0.522. The lowest BCUT2D eigenvalue weighted by atomic mass is 10.3. The van der Waals surface area contributed by atoms with E-state index in [4.69, 9.17) is 0 Å². The Morgan fingerprint density at radius 3 is 2.59 bits per heavy atom. The number of sulfone groups is 1. The Hall–Kier alpha value is -2.66. The zero-order valence-corrected chi connectivity index (χ0v) is 18.5. The van der Waals surface area contributed by atoms with Gasteiger partial charge in [-0.1, -0.05) is 6.92 Å². The number of halogens is 1. The van der Waals surface area contributed by atoms with Crippen LogP contribution < -0.4 is 5.32 Å². The normalized spacial score (nSPS) is 11.6. The van der Waals surface area contributed by atoms with Crippen molar-refractivity contribution in [2.24, 2.45) is 0 Å². The minimum Gasteiger partial charge on any atom is -0.506 e. The fourth-order valence-corrected chi connectivity index (χ4v) is 3.86. The van der Waals surface area contributed by atoms with Gasteiger partial charge in [0, 0.05) is 6.20 Å². The summed E-state index contributed by atoms with van der Waals surface area (Å²) in [5.41, 5.74) is 1.91. The number of benzene rings is 1. The maximum absolute atomic E-state index is 12.5. The molecule has 0 fully saturated rings. The maximum atomic E-state index is 12.5. The molecule has 2 aromatic heterocycles. The van der Waals surface area contributed by atoms with Crippen molar-refractivity contribution in [2.75, 3.05) is 11.1 Å². The first kappa shape index (κ1) is 21.1. The lowest BCUT2D eigenvalue weighted by molar-refractivity contribution is 0.102. The molecular formula is C18H20BrN5O4S. The summed E-state index contributed by atoms with van der Waals surface area (Å²) in [7, 11) is -3.47. The highest BCUT2D eigenvalue weighted by Crippen LogP contribution is 2.27. The van der Waals surface area contributed by atoms with Gasteiger partial charge in [-0.3, -0.25) is 9.48 Å². The van der Waals surface area contributed by atoms with Gasteiger partial charge in [0.25, 0.3) is 5.91 Å². The number of carbonyl (C=O) groups excluding carboxylic acids is 1. The SMILES string of the molecule is CCS(=O)(=O)c1ccc(O)c(NC(=O)c2ccn(Cn3nc(C)c(Br)c3C)n2)c1. The van der Waals surface area contributed by atoms with Crippen LogP contribution in [0.3, 0.4) is 0 Å². The molecule has 2 N–H and O–H groups in total. The number of phenols is 1. The van der Waals surface area contributed by atoms with Crippen molar-refractivity contribution in [3.63, 3.8) is 0 Å². The Bertz CT molecular complexity index is 1180. The third-order valence-electron chi connectivity index (χ3n) is 4.40. The fourth-order valence-electron chi connectivity index (χ4n) is 2.67. The molecule has 3 rings (SSSR count). The summed E-state index contributed by atoms with van der Waals surface area (Å²) in [5.74, 6) is -0.891. The Morgan fingerprint density at radius 2 is 1.97 bits per heavy atom. The summed E-state index contributed by atoms with van der Waals surface area (Å²) in [5, 5.41) is 21.1. The van der Waals surface area contributed by atoms with E-state index in [0.717, 1.165) is 15.9 Å². The van der Waals surface area contributed by atoms with Gasteiger partial charge in [0.2, 0.25) is 0 Å². The third-order valence-corrected chi connectivity index (χ3v) is 7.28. The standard InChI is InChI=1S/C18H20BrN5O4S/c1-4-29(27,28)13-5-6-16(25)15(9-13)20-18(26)14-7-8-23(22-14)10-24-12(3)17(19)11(2)21-24/h5-9,25H,4,10H2,1-3H3,(H,20,26). The van der Waals surface area contributed by atoms with E-state index in [0.29, 0.717) is 6.67 Å². The van der Waals surface area contributed by atoms with Crippen molar-refractivity contribution in [3.05, 3.63) is 52.0 Å². The Balaban J connectivity index is 1.79. The van der Waals surface area contributed by atoms with Gasteiger partial charge >= 0.3 is 0 Å². The van der Waals surface area contributed by atoms with Crippen molar-refractivity contribution in [1.82, 2.24) is 19.6 Å². The van der Waals surface area contributed by atoms with E-state index in [1.165, 1.54) is 31.2 Å². The van der Waals surface area contributed by atoms with Crippen LogP contribution in [0.2, 0.25) is 0 Å². The van der Waals surface area contributed by atoms with Gasteiger partial charge in [-0.05, 0) is 54.0 Å². The van der Waals surface area contributed by atoms with Crippen LogP contribution in [0.25, 0.3) is 0 Å². The predicted octanol–water partition coefficient (Wildman–Crippen LogP) is 2.72. The van der Waals surface area contributed by atoms with Gasteiger partial charge in [0.05, 0.1) is 32.2 Å². The van der Waals surface area contributed by atoms with E-state index in [2.05, 4.69) is 31.4 Å². The van der Waals surface area contributed by atoms with Crippen LogP contribution in [-0.2, 0) is 16.5 Å². The highest BCUT2D eigenvalue weighted by Gasteiger charge is 2.17. The van der Waals surface area contributed by atoms with Crippen molar-refractivity contribution in [1.29, 1.82) is 0 Å². The average molecular weight is 482 g/mol. The Kier molecular flexibility index (Phi) is 5.80. The van der Waals surface area contributed by atoms with Crippen molar-refractivity contribution >= 4 is 37.4 Å². The van der Waals surface area contributed by atoms with Crippen molar-refractivity contribution < 1.29 is 18.3 Å². The number of amides is 1. The summed E-state index contributed by atoms with van der Waals surface area (Å²) < 4.78 is 28.3. The van der Waals surface area contributed by atoms with Crippen LogP contribution in [0.5, 0.6) is 5.75 Å². The molecule has 1 aromatic carbocycles. The molecule has 0 bridgehead atoms. The molecule has 0 aliphatic carbocycles. The molecule has 0 atom stereocenters. The molecule has 0 unspecified atom stereocenters. The molecule has 0 aliphatic rings. The van der Waals surface area contributed by atoms with Gasteiger partial charge in [0.1, 0.15) is 12.4 Å². The third kappa shape index (κ3) is 4.35. The first-order valence-electron chi connectivity index (χ1n) is 8.72. The van der Waals surface area contributed by atoms with E-state index in [-0.39, 0.29) is 27.8 Å². The molecule has 2 heterocycles. The molecule has 0 spiro atoms. The molecule has 11 heteroatoms. The highest BCUT2D eigenvalue weighted by molar-refractivity contribution is 9.10. The topological polar surface area (TPSA) is 119 Å². The van der Waals surface area contributed by atoms with E-state index < -0.39 is 15.7 Å². The van der Waals surface area contributed by atoms with Crippen LogP contribution in [0.1, 0.15) is 28.8 Å². The van der Waals surface area contributed by atoms with Crippen molar-refractivity contribution in [2.45, 2.75) is 32.3 Å². The summed E-state index contributed by atoms with van der Waals surface area (Å²) in [4.78, 5) is 12.5. The molecule has 29 heavy (non-hydrogen) atoms. The number of aryl methyl sites for hydroxylation is 1. The summed E-state index contributed by atoms with van der Waals surface area (Å²) in [6.07, 6.45) is 1.64. The molecule has 0 saturated carbocycles. The minimum atomic E-state index is -3.47. The number of carbonyl (C=O) groups is 1. The van der Waals surface area contributed by atoms with E-state index in [1.54, 1.807) is 15.6 Å². The second-order valence-electron chi connectivity index (χ2n) is 6.40. The summed E-state index contributed by atoms with van der Waals surface area (Å²) in [6.45, 7) is 5.64. The van der Waals surface area contributed by atoms with E-state index in [1.807, 2.05) is 13.8 Å². The minimum absolute atomic E-state index is 0.00144.